The van der Waals surface area contributed by atoms with Gasteiger partial charge in [0.15, 0.2) is 5.75 Å². The van der Waals surface area contributed by atoms with Crippen molar-refractivity contribution in [3.05, 3.63) is 161 Å². The summed E-state index contributed by atoms with van der Waals surface area (Å²) in [5.41, 5.74) is 14.7. The van der Waals surface area contributed by atoms with Gasteiger partial charge < -0.3 is 26.2 Å². The molecule has 0 aliphatic heterocycles. The Kier molecular flexibility index (Phi) is 13.3. The van der Waals surface area contributed by atoms with Gasteiger partial charge in [-0.1, -0.05) is 25.1 Å². The molecule has 342 valence electrons. The van der Waals surface area contributed by atoms with Gasteiger partial charge in [0.05, 0.1) is 40.7 Å². The van der Waals surface area contributed by atoms with Crippen molar-refractivity contribution in [1.29, 1.82) is 0 Å². The van der Waals surface area contributed by atoms with Gasteiger partial charge in [0.1, 0.15) is 16.3 Å². The Bertz CT molecular complexity index is 3470. The third-order valence-corrected chi connectivity index (χ3v) is 12.0. The molecule has 68 heavy (non-hydrogen) atoms. The first kappa shape index (κ1) is 46.2. The average molecular weight is 926 g/mol. The maximum absolute atomic E-state index is 13.1. The van der Waals surface area contributed by atoms with Crippen LogP contribution in [-0.2, 0) is 10.1 Å². The average Bonchev–Trinajstić information content (AvgIpc) is 3.31. The Morgan fingerprint density at radius 2 is 1.13 bits per heavy atom. The fourth-order valence-corrected chi connectivity index (χ4v) is 7.99. The summed E-state index contributed by atoms with van der Waals surface area (Å²) in [7, 11) is -4.50. The molecule has 8 aromatic carbocycles. The van der Waals surface area contributed by atoms with E-state index in [1.54, 1.807) is 60.7 Å². The van der Waals surface area contributed by atoms with E-state index in [1.165, 1.54) is 12.1 Å². The minimum atomic E-state index is -4.50. The first-order chi connectivity index (χ1) is 32.6. The van der Waals surface area contributed by atoms with Crippen LogP contribution < -0.4 is 21.1 Å². The highest BCUT2D eigenvalue weighted by molar-refractivity contribution is 7.86. The Hall–Kier alpha value is -8.34. The SMILES string of the molecule is CCCOc1cccc2cc(NC(=O)c3ccc(N=Nc4cc(C)c(N=Nc5cc(C)c(N=Nc6ccc7cc(Nc8ccc(N)c(S(=O)(=O)O)c8)ccc7c6O)cc5C)cc4C)cc3)ccc12. The van der Waals surface area contributed by atoms with Crippen LogP contribution in [0.1, 0.15) is 46.0 Å². The van der Waals surface area contributed by atoms with Crippen LogP contribution >= 0.6 is 0 Å². The molecule has 0 radical (unpaired) electrons. The quantitative estimate of drug-likeness (QED) is 0.0399. The smallest absolute Gasteiger partial charge is 0.296 e. The first-order valence-electron chi connectivity index (χ1n) is 21.6. The Morgan fingerprint density at radius 1 is 0.603 bits per heavy atom. The molecule has 0 saturated heterocycles. The molecule has 0 aromatic heterocycles. The predicted octanol–water partition coefficient (Wildman–Crippen LogP) is 14.8. The van der Waals surface area contributed by atoms with Crippen LogP contribution in [0.25, 0.3) is 21.5 Å². The van der Waals surface area contributed by atoms with Crippen LogP contribution in [0.5, 0.6) is 11.5 Å². The third kappa shape index (κ3) is 10.5. The van der Waals surface area contributed by atoms with Crippen molar-refractivity contribution in [2.75, 3.05) is 23.0 Å². The molecule has 15 nitrogen and oxygen atoms in total. The summed E-state index contributed by atoms with van der Waals surface area (Å²) in [6.45, 7) is 10.4. The molecule has 0 heterocycles. The Morgan fingerprint density at radius 3 is 1.75 bits per heavy atom. The summed E-state index contributed by atoms with van der Waals surface area (Å²) in [6.07, 6.45) is 0.920. The highest BCUT2D eigenvalue weighted by atomic mass is 32.2. The number of carbonyl (C=O) groups is 1. The van der Waals surface area contributed by atoms with Crippen molar-refractivity contribution in [2.45, 2.75) is 45.9 Å². The number of amides is 1. The molecular formula is C52H47N9O6S. The second-order valence-electron chi connectivity index (χ2n) is 16.2. The van der Waals surface area contributed by atoms with E-state index in [-0.39, 0.29) is 23.0 Å². The van der Waals surface area contributed by atoms with Crippen LogP contribution in [-0.4, -0.2) is 30.6 Å². The van der Waals surface area contributed by atoms with E-state index in [0.717, 1.165) is 45.2 Å². The number of nitrogens with one attached hydrogen (secondary N) is 2. The number of nitrogen functional groups attached to an aromatic ring is 1. The van der Waals surface area contributed by atoms with Crippen molar-refractivity contribution in [3.8, 4) is 11.5 Å². The zero-order chi connectivity index (χ0) is 48.1. The number of anilines is 4. The molecular weight excluding hydrogens is 879 g/mol. The number of phenols is 1. The van der Waals surface area contributed by atoms with E-state index >= 15 is 0 Å². The number of rotatable bonds is 14. The maximum atomic E-state index is 13.1. The van der Waals surface area contributed by atoms with Crippen molar-refractivity contribution in [3.63, 3.8) is 0 Å². The number of ether oxygens (including phenoxy) is 1. The van der Waals surface area contributed by atoms with Gasteiger partial charge in [-0.05, 0) is 182 Å². The second kappa shape index (κ2) is 19.6. The lowest BCUT2D eigenvalue weighted by Gasteiger charge is -2.11. The van der Waals surface area contributed by atoms with E-state index in [9.17, 15) is 22.9 Å². The zero-order valence-electron chi connectivity index (χ0n) is 37.8. The monoisotopic (exact) mass is 925 g/mol. The number of phenolic OH excluding ortho intramolecular Hbond substituents is 1. The lowest BCUT2D eigenvalue weighted by atomic mass is 10.1. The van der Waals surface area contributed by atoms with Crippen LogP contribution in [0, 0.1) is 27.7 Å². The molecule has 0 saturated carbocycles. The first-order valence-corrected chi connectivity index (χ1v) is 23.0. The molecule has 1 amide bonds. The number of nitrogens with two attached hydrogens (primary N) is 1. The fraction of sp³-hybridized carbons (Fsp3) is 0.135. The summed E-state index contributed by atoms with van der Waals surface area (Å²) in [4.78, 5) is 12.7. The van der Waals surface area contributed by atoms with Crippen LogP contribution in [0.3, 0.4) is 0 Å². The number of carbonyl (C=O) groups excluding carboxylic acids is 1. The van der Waals surface area contributed by atoms with Crippen molar-refractivity contribution in [1.82, 2.24) is 0 Å². The molecule has 0 atom stereocenters. The van der Waals surface area contributed by atoms with Gasteiger partial charge in [-0.3, -0.25) is 9.35 Å². The molecule has 0 aliphatic carbocycles. The summed E-state index contributed by atoms with van der Waals surface area (Å²) in [5.74, 6) is 0.532. The van der Waals surface area contributed by atoms with Crippen LogP contribution in [0.4, 0.5) is 56.9 Å². The summed E-state index contributed by atoms with van der Waals surface area (Å²) < 4.78 is 38.8. The number of benzene rings is 8. The van der Waals surface area contributed by atoms with Gasteiger partial charge in [-0.15, -0.1) is 5.11 Å². The molecule has 0 bridgehead atoms. The van der Waals surface area contributed by atoms with E-state index < -0.39 is 15.0 Å². The molecule has 16 heteroatoms. The number of hydrogen-bond donors (Lipinski definition) is 5. The standard InChI is InChI=1S/C52H47N9O6S/c1-6-22-67-49-9-7-8-35-27-39(15-18-41(35)49)55-52(63)34-10-13-37(14-11-34)56-58-45-23-31(3)47(24-30(45)2)60-61-48-26-32(4)46(25-33(48)5)59-57-44-21-12-36-28-38(16-19-42(36)51(44)62)54-40-17-20-43(53)50(29-40)68(64,65)66/h7-21,23-29,54,62H,6,22,53H2,1-5H3,(H,55,63)(H,64,65,66). The normalized spacial score (nSPS) is 11.9. The van der Waals surface area contributed by atoms with Gasteiger partial charge in [-0.2, -0.15) is 34.0 Å². The molecule has 0 spiro atoms. The molecule has 8 rings (SSSR count). The largest absolute Gasteiger partial charge is 0.505 e. The molecule has 0 fully saturated rings. The number of hydrogen-bond acceptors (Lipinski definition) is 13. The number of aryl methyl sites for hydroxylation is 4. The molecule has 0 unspecified atom stereocenters. The van der Waals surface area contributed by atoms with Gasteiger partial charge in [0.25, 0.3) is 16.0 Å². The third-order valence-electron chi connectivity index (χ3n) is 11.1. The predicted molar refractivity (Wildman–Crippen MR) is 268 cm³/mol. The zero-order valence-corrected chi connectivity index (χ0v) is 38.6. The molecule has 0 aliphatic rings. The Labute approximate surface area is 392 Å². The lowest BCUT2D eigenvalue weighted by Crippen LogP contribution is -2.11. The van der Waals surface area contributed by atoms with Crippen molar-refractivity contribution < 1.29 is 27.6 Å². The minimum Gasteiger partial charge on any atom is -0.505 e. The van der Waals surface area contributed by atoms with E-state index in [2.05, 4.69) is 48.2 Å². The lowest BCUT2D eigenvalue weighted by molar-refractivity contribution is 0.102. The van der Waals surface area contributed by atoms with Gasteiger partial charge in [0.2, 0.25) is 0 Å². The number of azo groups is 3. The highest BCUT2D eigenvalue weighted by Crippen LogP contribution is 2.39. The van der Waals surface area contributed by atoms with E-state index in [0.29, 0.717) is 68.4 Å². The second-order valence-corrected chi connectivity index (χ2v) is 17.6. The van der Waals surface area contributed by atoms with Crippen LogP contribution in [0.2, 0.25) is 0 Å². The topological polar surface area (TPSA) is 225 Å². The molecule has 6 N–H and O–H groups in total. The summed E-state index contributed by atoms with van der Waals surface area (Å²) in [5, 5.41) is 47.3. The highest BCUT2D eigenvalue weighted by Gasteiger charge is 2.16. The van der Waals surface area contributed by atoms with E-state index in [1.807, 2.05) is 88.4 Å². The van der Waals surface area contributed by atoms with Gasteiger partial charge >= 0.3 is 0 Å². The van der Waals surface area contributed by atoms with E-state index in [4.69, 9.17) is 10.5 Å². The van der Waals surface area contributed by atoms with Crippen molar-refractivity contribution in [2.24, 2.45) is 30.7 Å². The number of fused-ring (bicyclic) bond motifs is 2. The summed E-state index contributed by atoms with van der Waals surface area (Å²) in [6, 6.07) is 39.0. The number of nitrogens with zero attached hydrogens (tertiary/aromatic N) is 6. The molecule has 8 aromatic rings. The summed E-state index contributed by atoms with van der Waals surface area (Å²) >= 11 is 0. The fourth-order valence-electron chi connectivity index (χ4n) is 7.34. The maximum Gasteiger partial charge on any atom is 0.296 e. The van der Waals surface area contributed by atoms with Gasteiger partial charge in [-0.25, -0.2) is 0 Å². The minimum absolute atomic E-state index is 0.0571. The Balaban J connectivity index is 0.896. The van der Waals surface area contributed by atoms with Crippen molar-refractivity contribution >= 4 is 94.4 Å². The van der Waals surface area contributed by atoms with Gasteiger partial charge in [0, 0.05) is 33.4 Å². The van der Waals surface area contributed by atoms with Crippen LogP contribution in [0.15, 0.2) is 169 Å². The number of aromatic hydroxyl groups is 1.